The second-order valence-corrected chi connectivity index (χ2v) is 6.24. The van der Waals surface area contributed by atoms with Crippen molar-refractivity contribution in [1.82, 2.24) is 4.90 Å². The third kappa shape index (κ3) is 5.06. The summed E-state index contributed by atoms with van der Waals surface area (Å²) in [5.74, 6) is 0.161. The van der Waals surface area contributed by atoms with E-state index in [0.717, 1.165) is 25.9 Å². The van der Waals surface area contributed by atoms with Crippen molar-refractivity contribution >= 4 is 5.91 Å². The van der Waals surface area contributed by atoms with Crippen LogP contribution in [0, 0.1) is 0 Å². The number of carbonyl (C=O) groups excluding carboxylic acids is 1. The fourth-order valence-electron chi connectivity index (χ4n) is 2.03. The van der Waals surface area contributed by atoms with Crippen molar-refractivity contribution in [3.8, 4) is 0 Å². The first-order chi connectivity index (χ1) is 8.84. The molecular weight excluding hydrogens is 234 g/mol. The van der Waals surface area contributed by atoms with Crippen molar-refractivity contribution < 1.29 is 4.79 Å². The van der Waals surface area contributed by atoms with E-state index in [2.05, 4.69) is 52.0 Å². The van der Waals surface area contributed by atoms with Crippen LogP contribution in [0.3, 0.4) is 0 Å². The Morgan fingerprint density at radius 1 is 1.16 bits per heavy atom. The Kier molecular flexibility index (Phi) is 5.59. The van der Waals surface area contributed by atoms with Gasteiger partial charge in [-0.2, -0.15) is 0 Å². The van der Waals surface area contributed by atoms with Crippen molar-refractivity contribution in [2.75, 3.05) is 6.54 Å². The number of rotatable bonds is 5. The van der Waals surface area contributed by atoms with Gasteiger partial charge in [0.25, 0.3) is 0 Å². The lowest BCUT2D eigenvalue weighted by atomic mass is 9.87. The third-order valence-corrected chi connectivity index (χ3v) is 3.42. The van der Waals surface area contributed by atoms with Crippen LogP contribution in [0.1, 0.15) is 58.6 Å². The number of hydrogen-bond donors (Lipinski definition) is 0. The molecule has 2 heteroatoms. The normalized spacial score (nSPS) is 11.4. The molecule has 0 saturated heterocycles. The molecule has 0 aliphatic carbocycles. The number of unbranched alkanes of at least 4 members (excludes halogenated alkanes) is 1. The fraction of sp³-hybridized carbons (Fsp3) is 0.588. The Labute approximate surface area is 117 Å². The Bertz CT molecular complexity index is 400. The molecule has 2 nitrogen and oxygen atoms in total. The Hall–Kier alpha value is -1.31. The van der Waals surface area contributed by atoms with Crippen LogP contribution in [0.25, 0.3) is 0 Å². The highest BCUT2D eigenvalue weighted by Gasteiger charge is 2.14. The number of benzene rings is 1. The van der Waals surface area contributed by atoms with Gasteiger partial charge < -0.3 is 4.90 Å². The zero-order valence-electron chi connectivity index (χ0n) is 13.0. The van der Waals surface area contributed by atoms with E-state index in [1.807, 2.05) is 4.90 Å². The summed E-state index contributed by atoms with van der Waals surface area (Å²) in [6, 6.07) is 8.63. The molecule has 0 aromatic heterocycles. The van der Waals surface area contributed by atoms with Gasteiger partial charge in [-0.05, 0) is 23.0 Å². The van der Waals surface area contributed by atoms with Gasteiger partial charge in [-0.1, -0.05) is 58.4 Å². The van der Waals surface area contributed by atoms with Crippen LogP contribution < -0.4 is 0 Å². The molecule has 0 atom stereocenters. The summed E-state index contributed by atoms with van der Waals surface area (Å²) in [6.45, 7) is 12.0. The summed E-state index contributed by atoms with van der Waals surface area (Å²) >= 11 is 0. The van der Waals surface area contributed by atoms with Crippen molar-refractivity contribution in [2.45, 2.75) is 59.4 Å². The Morgan fingerprint density at radius 3 is 2.16 bits per heavy atom. The molecule has 0 heterocycles. The molecule has 0 radical (unpaired) electrons. The van der Waals surface area contributed by atoms with Gasteiger partial charge in [0, 0.05) is 20.0 Å². The predicted octanol–water partition coefficient (Wildman–Crippen LogP) is 4.13. The van der Waals surface area contributed by atoms with Crippen LogP contribution in [-0.2, 0) is 16.8 Å². The smallest absolute Gasteiger partial charge is 0.219 e. The van der Waals surface area contributed by atoms with E-state index in [4.69, 9.17) is 0 Å². The molecule has 0 aliphatic heterocycles. The van der Waals surface area contributed by atoms with Gasteiger partial charge in [0.05, 0.1) is 0 Å². The molecular formula is C17H27NO. The molecule has 0 saturated carbocycles. The molecule has 0 unspecified atom stereocenters. The zero-order valence-corrected chi connectivity index (χ0v) is 13.0. The predicted molar refractivity (Wildman–Crippen MR) is 81.1 cm³/mol. The highest BCUT2D eigenvalue weighted by molar-refractivity contribution is 5.73. The summed E-state index contributed by atoms with van der Waals surface area (Å²) in [6.07, 6.45) is 2.19. The second-order valence-electron chi connectivity index (χ2n) is 6.24. The molecule has 1 aromatic carbocycles. The van der Waals surface area contributed by atoms with Crippen LogP contribution in [0.15, 0.2) is 24.3 Å². The number of nitrogens with zero attached hydrogens (tertiary/aromatic N) is 1. The Morgan fingerprint density at radius 2 is 1.74 bits per heavy atom. The van der Waals surface area contributed by atoms with E-state index in [0.29, 0.717) is 0 Å². The maximum absolute atomic E-state index is 11.6. The summed E-state index contributed by atoms with van der Waals surface area (Å²) in [7, 11) is 0. The molecule has 0 aliphatic rings. The van der Waals surface area contributed by atoms with E-state index in [1.54, 1.807) is 6.92 Å². The minimum Gasteiger partial charge on any atom is -0.339 e. The lowest BCUT2D eigenvalue weighted by Crippen LogP contribution is -2.29. The van der Waals surface area contributed by atoms with E-state index >= 15 is 0 Å². The standard InChI is InChI=1S/C17H27NO/c1-6-7-12-18(14(2)19)13-15-8-10-16(11-9-15)17(3,4)5/h8-11H,6-7,12-13H2,1-5H3. The van der Waals surface area contributed by atoms with Crippen LogP contribution in [0.2, 0.25) is 0 Å². The molecule has 0 N–H and O–H groups in total. The van der Waals surface area contributed by atoms with Gasteiger partial charge in [0.1, 0.15) is 0 Å². The number of hydrogen-bond acceptors (Lipinski definition) is 1. The molecule has 0 fully saturated rings. The number of carbonyl (C=O) groups is 1. The summed E-state index contributed by atoms with van der Waals surface area (Å²) in [5.41, 5.74) is 2.72. The monoisotopic (exact) mass is 261 g/mol. The van der Waals surface area contributed by atoms with Crippen molar-refractivity contribution in [3.05, 3.63) is 35.4 Å². The second kappa shape index (κ2) is 6.74. The van der Waals surface area contributed by atoms with Crippen LogP contribution in [-0.4, -0.2) is 17.4 Å². The Balaban J connectivity index is 2.72. The van der Waals surface area contributed by atoms with Gasteiger partial charge in [-0.3, -0.25) is 4.79 Å². The van der Waals surface area contributed by atoms with E-state index in [1.165, 1.54) is 11.1 Å². The highest BCUT2D eigenvalue weighted by atomic mass is 16.2. The summed E-state index contributed by atoms with van der Waals surface area (Å²) in [5, 5.41) is 0. The van der Waals surface area contributed by atoms with Gasteiger partial charge in [-0.25, -0.2) is 0 Å². The van der Waals surface area contributed by atoms with Gasteiger partial charge in [0.15, 0.2) is 0 Å². The molecule has 19 heavy (non-hydrogen) atoms. The molecule has 1 aromatic rings. The molecule has 1 amide bonds. The maximum atomic E-state index is 11.6. The maximum Gasteiger partial charge on any atom is 0.219 e. The van der Waals surface area contributed by atoms with Gasteiger partial charge in [-0.15, -0.1) is 0 Å². The van der Waals surface area contributed by atoms with E-state index in [9.17, 15) is 4.79 Å². The van der Waals surface area contributed by atoms with Crippen LogP contribution in [0.4, 0.5) is 0 Å². The number of amides is 1. The first kappa shape index (κ1) is 15.7. The highest BCUT2D eigenvalue weighted by Crippen LogP contribution is 2.22. The molecule has 0 spiro atoms. The summed E-state index contributed by atoms with van der Waals surface area (Å²) < 4.78 is 0. The fourth-order valence-corrected chi connectivity index (χ4v) is 2.03. The first-order valence-corrected chi connectivity index (χ1v) is 7.19. The van der Waals surface area contributed by atoms with Crippen molar-refractivity contribution in [1.29, 1.82) is 0 Å². The molecule has 106 valence electrons. The SMILES string of the molecule is CCCCN(Cc1ccc(C(C)(C)C)cc1)C(C)=O. The quantitative estimate of drug-likeness (QED) is 0.780. The van der Waals surface area contributed by atoms with E-state index in [-0.39, 0.29) is 11.3 Å². The minimum absolute atomic E-state index is 0.161. The lowest BCUT2D eigenvalue weighted by molar-refractivity contribution is -0.129. The van der Waals surface area contributed by atoms with Crippen molar-refractivity contribution in [3.63, 3.8) is 0 Å². The first-order valence-electron chi connectivity index (χ1n) is 7.19. The average molecular weight is 261 g/mol. The lowest BCUT2D eigenvalue weighted by Gasteiger charge is -2.22. The third-order valence-electron chi connectivity index (χ3n) is 3.42. The van der Waals surface area contributed by atoms with Crippen molar-refractivity contribution in [2.24, 2.45) is 0 Å². The van der Waals surface area contributed by atoms with Crippen LogP contribution in [0.5, 0.6) is 0 Å². The topological polar surface area (TPSA) is 20.3 Å². The van der Waals surface area contributed by atoms with E-state index < -0.39 is 0 Å². The molecule has 0 bridgehead atoms. The average Bonchev–Trinajstić information content (AvgIpc) is 2.33. The largest absolute Gasteiger partial charge is 0.339 e. The summed E-state index contributed by atoms with van der Waals surface area (Å²) in [4.78, 5) is 13.5. The minimum atomic E-state index is 0.161. The van der Waals surface area contributed by atoms with Crippen LogP contribution >= 0.6 is 0 Å². The van der Waals surface area contributed by atoms with Gasteiger partial charge in [0.2, 0.25) is 5.91 Å². The van der Waals surface area contributed by atoms with Gasteiger partial charge >= 0.3 is 0 Å². The molecule has 1 rings (SSSR count). The zero-order chi connectivity index (χ0) is 14.5.